The summed E-state index contributed by atoms with van der Waals surface area (Å²) in [5.74, 6) is 6.76. The quantitative estimate of drug-likeness (QED) is 0.581. The first kappa shape index (κ1) is 12.8. The van der Waals surface area contributed by atoms with Crippen molar-refractivity contribution < 1.29 is 5.11 Å². The van der Waals surface area contributed by atoms with E-state index in [9.17, 15) is 0 Å². The molecule has 2 rings (SSSR count). The van der Waals surface area contributed by atoms with E-state index in [1.54, 1.807) is 12.4 Å². The fourth-order valence-corrected chi connectivity index (χ4v) is 1.75. The SMILES string of the molecule is OCCCC#Cc1cnc(N2CCNCC2)nc1. The molecule has 1 fully saturated rings. The van der Waals surface area contributed by atoms with E-state index in [4.69, 9.17) is 5.11 Å². The molecule has 2 heterocycles. The van der Waals surface area contributed by atoms with Crippen LogP contribution in [0, 0.1) is 11.8 Å². The molecular formula is C13H18N4O. The van der Waals surface area contributed by atoms with Crippen molar-refractivity contribution >= 4 is 5.95 Å². The van der Waals surface area contributed by atoms with Crippen LogP contribution in [-0.2, 0) is 0 Å². The van der Waals surface area contributed by atoms with Gasteiger partial charge >= 0.3 is 0 Å². The van der Waals surface area contributed by atoms with Gasteiger partial charge in [-0.1, -0.05) is 11.8 Å². The Labute approximate surface area is 107 Å². The second-order valence-corrected chi connectivity index (χ2v) is 4.14. The van der Waals surface area contributed by atoms with Gasteiger partial charge in [0.25, 0.3) is 0 Å². The Hall–Kier alpha value is -1.64. The van der Waals surface area contributed by atoms with Gasteiger partial charge in [0.05, 0.1) is 5.56 Å². The molecule has 0 aromatic carbocycles. The molecule has 1 aliphatic rings. The molecule has 1 aromatic rings. The number of nitrogens with one attached hydrogen (secondary N) is 1. The number of hydrogen-bond acceptors (Lipinski definition) is 5. The highest BCUT2D eigenvalue weighted by atomic mass is 16.2. The molecule has 18 heavy (non-hydrogen) atoms. The number of rotatable bonds is 3. The minimum atomic E-state index is 0.188. The number of hydrogen-bond donors (Lipinski definition) is 2. The first-order valence-electron chi connectivity index (χ1n) is 6.27. The average Bonchev–Trinajstić information content (AvgIpc) is 2.45. The van der Waals surface area contributed by atoms with E-state index < -0.39 is 0 Å². The fourth-order valence-electron chi connectivity index (χ4n) is 1.75. The third kappa shape index (κ3) is 3.69. The van der Waals surface area contributed by atoms with Gasteiger partial charge in [0.15, 0.2) is 0 Å². The lowest BCUT2D eigenvalue weighted by Gasteiger charge is -2.27. The first-order chi connectivity index (χ1) is 8.90. The van der Waals surface area contributed by atoms with Gasteiger partial charge in [-0.05, 0) is 6.42 Å². The molecule has 0 saturated carbocycles. The summed E-state index contributed by atoms with van der Waals surface area (Å²) in [6.07, 6.45) is 4.94. The molecule has 2 N–H and O–H groups in total. The second-order valence-electron chi connectivity index (χ2n) is 4.14. The van der Waals surface area contributed by atoms with E-state index in [-0.39, 0.29) is 6.61 Å². The standard InChI is InChI=1S/C13H18N4O/c18-9-3-1-2-4-12-10-15-13(16-11-12)17-7-5-14-6-8-17/h10-11,14,18H,1,3,5-9H2. The number of aliphatic hydroxyl groups excluding tert-OH is 1. The number of aromatic nitrogens is 2. The van der Waals surface area contributed by atoms with Crippen LogP contribution in [0.2, 0.25) is 0 Å². The molecule has 1 aliphatic heterocycles. The van der Waals surface area contributed by atoms with E-state index in [2.05, 4.69) is 32.0 Å². The summed E-state index contributed by atoms with van der Waals surface area (Å²) in [7, 11) is 0. The van der Waals surface area contributed by atoms with E-state index in [0.29, 0.717) is 12.8 Å². The fraction of sp³-hybridized carbons (Fsp3) is 0.538. The van der Waals surface area contributed by atoms with Gasteiger partial charge in [-0.25, -0.2) is 9.97 Å². The van der Waals surface area contributed by atoms with Gasteiger partial charge in [0, 0.05) is 51.6 Å². The summed E-state index contributed by atoms with van der Waals surface area (Å²) in [5.41, 5.74) is 0.826. The van der Waals surface area contributed by atoms with Crippen LogP contribution in [0.15, 0.2) is 12.4 Å². The maximum absolute atomic E-state index is 8.64. The Bertz CT molecular complexity index is 415. The van der Waals surface area contributed by atoms with Gasteiger partial charge < -0.3 is 15.3 Å². The molecule has 5 heteroatoms. The number of anilines is 1. The maximum Gasteiger partial charge on any atom is 0.225 e. The molecular weight excluding hydrogens is 228 g/mol. The van der Waals surface area contributed by atoms with Crippen molar-refractivity contribution in [1.82, 2.24) is 15.3 Å². The van der Waals surface area contributed by atoms with Gasteiger partial charge in [-0.2, -0.15) is 0 Å². The van der Waals surface area contributed by atoms with Crippen LogP contribution in [-0.4, -0.2) is 47.9 Å². The van der Waals surface area contributed by atoms with Crippen molar-refractivity contribution in [3.05, 3.63) is 18.0 Å². The summed E-state index contributed by atoms with van der Waals surface area (Å²) in [6.45, 7) is 4.04. The van der Waals surface area contributed by atoms with E-state index >= 15 is 0 Å². The third-order valence-electron chi connectivity index (χ3n) is 2.73. The Morgan fingerprint density at radius 3 is 2.67 bits per heavy atom. The van der Waals surface area contributed by atoms with Crippen LogP contribution in [0.5, 0.6) is 0 Å². The minimum absolute atomic E-state index is 0.188. The largest absolute Gasteiger partial charge is 0.396 e. The number of nitrogens with zero attached hydrogens (tertiary/aromatic N) is 3. The van der Waals surface area contributed by atoms with Gasteiger partial charge in [0.2, 0.25) is 5.95 Å². The van der Waals surface area contributed by atoms with Crippen LogP contribution in [0.1, 0.15) is 18.4 Å². The molecule has 0 bridgehead atoms. The summed E-state index contributed by atoms with van der Waals surface area (Å²) in [6, 6.07) is 0. The van der Waals surface area contributed by atoms with Crippen LogP contribution >= 0.6 is 0 Å². The number of aliphatic hydroxyl groups is 1. The zero-order valence-electron chi connectivity index (χ0n) is 10.4. The van der Waals surface area contributed by atoms with Crippen LogP contribution < -0.4 is 10.2 Å². The minimum Gasteiger partial charge on any atom is -0.396 e. The molecule has 0 radical (unpaired) electrons. The van der Waals surface area contributed by atoms with E-state index in [1.807, 2.05) is 0 Å². The second kappa shape index (κ2) is 6.94. The summed E-state index contributed by atoms with van der Waals surface area (Å²) >= 11 is 0. The Balaban J connectivity index is 1.93. The van der Waals surface area contributed by atoms with Crippen molar-refractivity contribution in [2.75, 3.05) is 37.7 Å². The lowest BCUT2D eigenvalue weighted by atomic mass is 10.3. The van der Waals surface area contributed by atoms with Crippen LogP contribution in [0.3, 0.4) is 0 Å². The number of unbranched alkanes of at least 4 members (excludes halogenated alkanes) is 1. The van der Waals surface area contributed by atoms with Crippen molar-refractivity contribution in [2.24, 2.45) is 0 Å². The van der Waals surface area contributed by atoms with Gasteiger partial charge in [0.1, 0.15) is 0 Å². The summed E-state index contributed by atoms with van der Waals surface area (Å²) < 4.78 is 0. The normalized spacial score (nSPS) is 15.1. The average molecular weight is 246 g/mol. The molecule has 96 valence electrons. The number of piperazine rings is 1. The maximum atomic E-state index is 8.64. The molecule has 0 aliphatic carbocycles. The first-order valence-corrected chi connectivity index (χ1v) is 6.27. The Morgan fingerprint density at radius 2 is 2.00 bits per heavy atom. The Kier molecular flexibility index (Phi) is 4.94. The van der Waals surface area contributed by atoms with Crippen LogP contribution in [0.25, 0.3) is 0 Å². The van der Waals surface area contributed by atoms with Gasteiger partial charge in [-0.3, -0.25) is 0 Å². The predicted octanol–water partition coefficient (Wildman–Crippen LogP) is 0.0102. The smallest absolute Gasteiger partial charge is 0.225 e. The Morgan fingerprint density at radius 1 is 1.28 bits per heavy atom. The summed E-state index contributed by atoms with van der Waals surface area (Å²) in [5, 5.41) is 11.9. The van der Waals surface area contributed by atoms with Gasteiger partial charge in [-0.15, -0.1) is 0 Å². The molecule has 0 unspecified atom stereocenters. The third-order valence-corrected chi connectivity index (χ3v) is 2.73. The predicted molar refractivity (Wildman–Crippen MR) is 70.3 cm³/mol. The topological polar surface area (TPSA) is 61.3 Å². The lowest BCUT2D eigenvalue weighted by Crippen LogP contribution is -2.44. The van der Waals surface area contributed by atoms with E-state index in [1.165, 1.54) is 0 Å². The molecule has 1 aromatic heterocycles. The molecule has 0 spiro atoms. The highest BCUT2D eigenvalue weighted by Crippen LogP contribution is 2.07. The van der Waals surface area contributed by atoms with E-state index in [0.717, 1.165) is 37.7 Å². The molecule has 5 nitrogen and oxygen atoms in total. The lowest BCUT2D eigenvalue weighted by molar-refractivity contribution is 0.290. The van der Waals surface area contributed by atoms with Crippen LogP contribution in [0.4, 0.5) is 5.95 Å². The van der Waals surface area contributed by atoms with Crippen molar-refractivity contribution in [1.29, 1.82) is 0 Å². The summed E-state index contributed by atoms with van der Waals surface area (Å²) in [4.78, 5) is 10.8. The van der Waals surface area contributed by atoms with Crippen molar-refractivity contribution in [2.45, 2.75) is 12.8 Å². The highest BCUT2D eigenvalue weighted by molar-refractivity contribution is 5.36. The zero-order valence-corrected chi connectivity index (χ0v) is 10.4. The monoisotopic (exact) mass is 246 g/mol. The van der Waals surface area contributed by atoms with Crippen molar-refractivity contribution in [3.8, 4) is 11.8 Å². The zero-order chi connectivity index (χ0) is 12.6. The highest BCUT2D eigenvalue weighted by Gasteiger charge is 2.11. The molecule has 1 saturated heterocycles. The van der Waals surface area contributed by atoms with Crippen molar-refractivity contribution in [3.63, 3.8) is 0 Å². The molecule has 0 atom stereocenters. The molecule has 0 amide bonds.